The maximum absolute atomic E-state index is 4.68. The van der Waals surface area contributed by atoms with Crippen molar-refractivity contribution in [3.63, 3.8) is 0 Å². The van der Waals surface area contributed by atoms with Gasteiger partial charge in [0.25, 0.3) is 0 Å². The summed E-state index contributed by atoms with van der Waals surface area (Å²) in [5.74, 6) is 0.926. The maximum Gasteiger partial charge on any atom is 0.191 e. The van der Waals surface area contributed by atoms with Crippen molar-refractivity contribution in [3.8, 4) is 10.6 Å². The SMILES string of the molecule is c1ccc(-c2nc(CCNC3=NCCCN3)cs2)cc1. The zero-order valence-corrected chi connectivity index (χ0v) is 12.1. The van der Waals surface area contributed by atoms with E-state index in [0.29, 0.717) is 0 Å². The average molecular weight is 286 g/mol. The fraction of sp³-hybridized carbons (Fsp3) is 0.333. The second kappa shape index (κ2) is 6.52. The molecular formula is C15H18N4S. The molecule has 0 radical (unpaired) electrons. The van der Waals surface area contributed by atoms with E-state index in [4.69, 9.17) is 0 Å². The number of thiazole rings is 1. The van der Waals surface area contributed by atoms with Gasteiger partial charge >= 0.3 is 0 Å². The first-order chi connectivity index (χ1) is 9.92. The third kappa shape index (κ3) is 3.36. The molecular weight excluding hydrogens is 268 g/mol. The molecule has 0 amide bonds. The molecule has 3 rings (SSSR count). The van der Waals surface area contributed by atoms with Gasteiger partial charge in [-0.05, 0) is 6.42 Å². The summed E-state index contributed by atoms with van der Waals surface area (Å²) in [7, 11) is 0. The summed E-state index contributed by atoms with van der Waals surface area (Å²) in [5.41, 5.74) is 2.33. The fourth-order valence-electron chi connectivity index (χ4n) is 2.10. The first kappa shape index (κ1) is 13.1. The Morgan fingerprint density at radius 2 is 2.15 bits per heavy atom. The Bertz CT molecular complexity index is 577. The van der Waals surface area contributed by atoms with Crippen LogP contribution in [0.4, 0.5) is 0 Å². The van der Waals surface area contributed by atoms with Gasteiger partial charge in [-0.2, -0.15) is 0 Å². The minimum absolute atomic E-state index is 0.865. The van der Waals surface area contributed by atoms with E-state index in [1.807, 2.05) is 18.2 Å². The van der Waals surface area contributed by atoms with Crippen LogP contribution in [0.3, 0.4) is 0 Å². The van der Waals surface area contributed by atoms with Gasteiger partial charge in [-0.1, -0.05) is 30.3 Å². The van der Waals surface area contributed by atoms with Crippen molar-refractivity contribution in [2.24, 2.45) is 4.99 Å². The number of benzene rings is 1. The molecule has 1 aromatic carbocycles. The van der Waals surface area contributed by atoms with E-state index in [-0.39, 0.29) is 0 Å². The van der Waals surface area contributed by atoms with Crippen LogP contribution in [0.15, 0.2) is 40.7 Å². The van der Waals surface area contributed by atoms with Crippen LogP contribution >= 0.6 is 11.3 Å². The molecule has 0 unspecified atom stereocenters. The lowest BCUT2D eigenvalue weighted by molar-refractivity contribution is 0.698. The van der Waals surface area contributed by atoms with Crippen molar-refractivity contribution in [2.75, 3.05) is 19.6 Å². The molecule has 0 saturated carbocycles. The van der Waals surface area contributed by atoms with Gasteiger partial charge in [-0.3, -0.25) is 4.99 Å². The van der Waals surface area contributed by atoms with Gasteiger partial charge in [0.05, 0.1) is 5.69 Å². The van der Waals surface area contributed by atoms with Gasteiger partial charge in [0.1, 0.15) is 5.01 Å². The molecule has 2 heterocycles. The van der Waals surface area contributed by atoms with Gasteiger partial charge in [-0.25, -0.2) is 4.98 Å². The predicted octanol–water partition coefficient (Wildman–Crippen LogP) is 2.29. The molecule has 0 fully saturated rings. The predicted molar refractivity (Wildman–Crippen MR) is 84.2 cm³/mol. The Morgan fingerprint density at radius 1 is 1.25 bits per heavy atom. The standard InChI is InChI=1S/C15H18N4S/c1-2-5-12(6-3-1)14-19-13(11-20-14)7-10-18-15-16-8-4-9-17-15/h1-3,5-6,11H,4,7-10H2,(H2,16,17,18). The van der Waals surface area contributed by atoms with E-state index >= 15 is 0 Å². The Labute approximate surface area is 123 Å². The molecule has 1 aliphatic heterocycles. The van der Waals surface area contributed by atoms with Crippen molar-refractivity contribution >= 4 is 17.3 Å². The van der Waals surface area contributed by atoms with Crippen molar-refractivity contribution in [1.82, 2.24) is 15.6 Å². The molecule has 0 saturated heterocycles. The number of nitrogens with one attached hydrogen (secondary N) is 2. The summed E-state index contributed by atoms with van der Waals surface area (Å²) >= 11 is 1.70. The van der Waals surface area contributed by atoms with Gasteiger partial charge in [0.2, 0.25) is 0 Å². The van der Waals surface area contributed by atoms with Crippen LogP contribution < -0.4 is 10.6 Å². The van der Waals surface area contributed by atoms with Crippen LogP contribution in [0, 0.1) is 0 Å². The molecule has 5 heteroatoms. The first-order valence-corrected chi connectivity index (χ1v) is 7.82. The highest BCUT2D eigenvalue weighted by atomic mass is 32.1. The van der Waals surface area contributed by atoms with Crippen LogP contribution in [0.2, 0.25) is 0 Å². The molecule has 20 heavy (non-hydrogen) atoms. The Hall–Kier alpha value is -1.88. The molecule has 4 nitrogen and oxygen atoms in total. The topological polar surface area (TPSA) is 49.3 Å². The number of guanidine groups is 1. The Balaban J connectivity index is 1.54. The van der Waals surface area contributed by atoms with E-state index in [1.54, 1.807) is 11.3 Å². The van der Waals surface area contributed by atoms with Crippen LogP contribution in [0.5, 0.6) is 0 Å². The van der Waals surface area contributed by atoms with E-state index in [9.17, 15) is 0 Å². The van der Waals surface area contributed by atoms with E-state index in [2.05, 4.69) is 38.1 Å². The van der Waals surface area contributed by atoms with E-state index < -0.39 is 0 Å². The van der Waals surface area contributed by atoms with Crippen LogP contribution in [0.1, 0.15) is 12.1 Å². The quantitative estimate of drug-likeness (QED) is 0.906. The lowest BCUT2D eigenvalue weighted by atomic mass is 10.2. The van der Waals surface area contributed by atoms with E-state index in [1.165, 1.54) is 5.56 Å². The second-order valence-corrected chi connectivity index (χ2v) is 5.56. The van der Waals surface area contributed by atoms with Crippen molar-refractivity contribution in [3.05, 3.63) is 41.4 Å². The molecule has 1 aliphatic rings. The summed E-state index contributed by atoms with van der Waals surface area (Å²) in [5, 5.41) is 9.81. The molecule has 2 aromatic rings. The fourth-order valence-corrected chi connectivity index (χ4v) is 2.96. The number of hydrogen-bond acceptors (Lipinski definition) is 5. The highest BCUT2D eigenvalue weighted by Crippen LogP contribution is 2.23. The van der Waals surface area contributed by atoms with E-state index in [0.717, 1.165) is 49.1 Å². The highest BCUT2D eigenvalue weighted by Gasteiger charge is 2.06. The smallest absolute Gasteiger partial charge is 0.191 e. The van der Waals surface area contributed by atoms with Gasteiger partial charge < -0.3 is 10.6 Å². The maximum atomic E-state index is 4.68. The Kier molecular flexibility index (Phi) is 4.28. The number of aliphatic imine (C=N–C) groups is 1. The molecule has 2 N–H and O–H groups in total. The van der Waals surface area contributed by atoms with Crippen LogP contribution in [0.25, 0.3) is 10.6 Å². The summed E-state index contributed by atoms with van der Waals surface area (Å²) in [4.78, 5) is 9.07. The molecule has 0 atom stereocenters. The molecule has 1 aromatic heterocycles. The van der Waals surface area contributed by atoms with Crippen molar-refractivity contribution < 1.29 is 0 Å². The molecule has 104 valence electrons. The van der Waals surface area contributed by atoms with Crippen molar-refractivity contribution in [2.45, 2.75) is 12.8 Å². The zero-order chi connectivity index (χ0) is 13.6. The summed E-state index contributed by atoms with van der Waals surface area (Å²) in [6, 6.07) is 10.3. The number of rotatable bonds is 4. The molecule has 0 spiro atoms. The summed E-state index contributed by atoms with van der Waals surface area (Å²) in [6.45, 7) is 2.80. The first-order valence-electron chi connectivity index (χ1n) is 6.94. The second-order valence-electron chi connectivity index (χ2n) is 4.70. The third-order valence-corrected chi connectivity index (χ3v) is 4.08. The summed E-state index contributed by atoms with van der Waals surface area (Å²) in [6.07, 6.45) is 2.04. The van der Waals surface area contributed by atoms with Crippen LogP contribution in [-0.4, -0.2) is 30.6 Å². The van der Waals surface area contributed by atoms with Gasteiger partial charge in [-0.15, -0.1) is 11.3 Å². The third-order valence-electron chi connectivity index (χ3n) is 3.14. The lowest BCUT2D eigenvalue weighted by Gasteiger charge is -2.15. The Morgan fingerprint density at radius 3 is 2.95 bits per heavy atom. The number of nitrogens with zero attached hydrogens (tertiary/aromatic N) is 2. The highest BCUT2D eigenvalue weighted by molar-refractivity contribution is 7.13. The number of hydrogen-bond donors (Lipinski definition) is 2. The van der Waals surface area contributed by atoms with Crippen molar-refractivity contribution in [1.29, 1.82) is 0 Å². The molecule has 0 bridgehead atoms. The zero-order valence-electron chi connectivity index (χ0n) is 11.3. The minimum Gasteiger partial charge on any atom is -0.356 e. The van der Waals surface area contributed by atoms with Gasteiger partial charge in [0, 0.05) is 37.0 Å². The average Bonchev–Trinajstić information content (AvgIpc) is 2.98. The molecule has 0 aliphatic carbocycles. The summed E-state index contributed by atoms with van der Waals surface area (Å²) < 4.78 is 0. The monoisotopic (exact) mass is 286 g/mol. The van der Waals surface area contributed by atoms with Gasteiger partial charge in [0.15, 0.2) is 5.96 Å². The van der Waals surface area contributed by atoms with Crippen LogP contribution in [-0.2, 0) is 6.42 Å². The normalized spacial score (nSPS) is 14.5. The minimum atomic E-state index is 0.865. The largest absolute Gasteiger partial charge is 0.356 e. The number of aromatic nitrogens is 1. The lowest BCUT2D eigenvalue weighted by Crippen LogP contribution is -2.41.